The molecule has 0 N–H and O–H groups in total. The fourth-order valence-electron chi connectivity index (χ4n) is 3.55. The van der Waals surface area contributed by atoms with Crippen LogP contribution in [0.4, 0.5) is 23.0 Å². The maximum atomic E-state index is 4.49. The number of pyridine rings is 2. The Kier molecular flexibility index (Phi) is 2.94. The summed E-state index contributed by atoms with van der Waals surface area (Å²) in [7, 11) is 0. The predicted octanol–water partition coefficient (Wildman–Crippen LogP) is 2.66. The van der Waals surface area contributed by atoms with Crippen LogP contribution in [0.3, 0.4) is 0 Å². The van der Waals surface area contributed by atoms with Gasteiger partial charge in [-0.3, -0.25) is 9.97 Å². The zero-order valence-electron chi connectivity index (χ0n) is 13.1. The minimum Gasteiger partial charge on any atom is -0.324 e. The summed E-state index contributed by atoms with van der Waals surface area (Å²) in [4.78, 5) is 21.9. The van der Waals surface area contributed by atoms with Gasteiger partial charge < -0.3 is 9.80 Å². The monoisotopic (exact) mass is 316 g/mol. The van der Waals surface area contributed by atoms with Crippen molar-refractivity contribution in [3.8, 4) is 0 Å². The molecule has 0 atom stereocenters. The molecule has 0 saturated carbocycles. The first kappa shape index (κ1) is 13.4. The highest BCUT2D eigenvalue weighted by atomic mass is 15.3. The SMILES string of the molecule is c1cc2c(cn1)N(c1cc(N3CCc4ccncc43)ncn1)CC2. The van der Waals surface area contributed by atoms with Gasteiger partial charge in [-0.05, 0) is 36.1 Å². The molecule has 0 aromatic carbocycles. The molecule has 0 radical (unpaired) electrons. The molecule has 6 heteroatoms. The second-order valence-electron chi connectivity index (χ2n) is 6.05. The summed E-state index contributed by atoms with van der Waals surface area (Å²) >= 11 is 0. The Morgan fingerprint density at radius 1 is 0.750 bits per heavy atom. The standard InChI is InChI=1S/C18H16N6/c1-5-19-10-15-13(1)3-7-23(15)17-9-18(22-12-21-17)24-8-4-14-2-6-20-11-16(14)24/h1-2,5-6,9-12H,3-4,7-8H2. The van der Waals surface area contributed by atoms with Crippen molar-refractivity contribution >= 4 is 23.0 Å². The minimum atomic E-state index is 0.920. The zero-order chi connectivity index (χ0) is 15.9. The molecule has 2 aliphatic heterocycles. The number of rotatable bonds is 2. The van der Waals surface area contributed by atoms with Gasteiger partial charge in [0, 0.05) is 31.5 Å². The van der Waals surface area contributed by atoms with E-state index in [4.69, 9.17) is 0 Å². The first-order chi connectivity index (χ1) is 11.9. The van der Waals surface area contributed by atoms with Crippen LogP contribution in [0.25, 0.3) is 0 Å². The highest BCUT2D eigenvalue weighted by Crippen LogP contribution is 2.36. The van der Waals surface area contributed by atoms with Gasteiger partial charge in [0.15, 0.2) is 0 Å². The van der Waals surface area contributed by atoms with Crippen LogP contribution in [0.2, 0.25) is 0 Å². The van der Waals surface area contributed by atoms with E-state index in [1.54, 1.807) is 6.33 Å². The Morgan fingerprint density at radius 2 is 1.29 bits per heavy atom. The van der Waals surface area contributed by atoms with Crippen molar-refractivity contribution < 1.29 is 0 Å². The van der Waals surface area contributed by atoms with Gasteiger partial charge in [0.25, 0.3) is 0 Å². The van der Waals surface area contributed by atoms with Gasteiger partial charge in [-0.25, -0.2) is 9.97 Å². The smallest absolute Gasteiger partial charge is 0.138 e. The lowest BCUT2D eigenvalue weighted by Gasteiger charge is -2.22. The van der Waals surface area contributed by atoms with Gasteiger partial charge in [-0.1, -0.05) is 0 Å². The van der Waals surface area contributed by atoms with E-state index >= 15 is 0 Å². The first-order valence-corrected chi connectivity index (χ1v) is 8.13. The van der Waals surface area contributed by atoms with Crippen LogP contribution in [-0.2, 0) is 12.8 Å². The van der Waals surface area contributed by atoms with E-state index in [9.17, 15) is 0 Å². The third-order valence-electron chi connectivity index (χ3n) is 4.76. The molecule has 3 aromatic rings. The van der Waals surface area contributed by atoms with E-state index in [-0.39, 0.29) is 0 Å². The van der Waals surface area contributed by atoms with Crippen LogP contribution in [0.5, 0.6) is 0 Å². The average Bonchev–Trinajstić information content (AvgIpc) is 3.26. The van der Waals surface area contributed by atoms with Crippen LogP contribution in [-0.4, -0.2) is 33.0 Å². The molecule has 5 heterocycles. The van der Waals surface area contributed by atoms with E-state index in [1.807, 2.05) is 24.8 Å². The van der Waals surface area contributed by atoms with Crippen molar-refractivity contribution in [1.29, 1.82) is 0 Å². The quantitative estimate of drug-likeness (QED) is 0.724. The fourth-order valence-corrected chi connectivity index (χ4v) is 3.55. The van der Waals surface area contributed by atoms with E-state index in [2.05, 4.69) is 47.9 Å². The number of hydrogen-bond acceptors (Lipinski definition) is 6. The van der Waals surface area contributed by atoms with Crippen molar-refractivity contribution in [2.45, 2.75) is 12.8 Å². The van der Waals surface area contributed by atoms with Crippen LogP contribution >= 0.6 is 0 Å². The maximum Gasteiger partial charge on any atom is 0.138 e. The molecule has 2 aliphatic rings. The Bertz CT molecular complexity index is 839. The summed E-state index contributed by atoms with van der Waals surface area (Å²) in [6, 6.07) is 6.23. The van der Waals surface area contributed by atoms with Crippen LogP contribution in [0, 0.1) is 0 Å². The molecule has 0 bridgehead atoms. The summed E-state index contributed by atoms with van der Waals surface area (Å²) in [6.45, 7) is 1.85. The van der Waals surface area contributed by atoms with Crippen molar-refractivity contribution in [2.24, 2.45) is 0 Å². The van der Waals surface area contributed by atoms with Gasteiger partial charge in [-0.15, -0.1) is 0 Å². The highest BCUT2D eigenvalue weighted by Gasteiger charge is 2.25. The summed E-state index contributed by atoms with van der Waals surface area (Å²) in [5.74, 6) is 1.84. The molecule has 0 unspecified atom stereocenters. The number of fused-ring (bicyclic) bond motifs is 2. The van der Waals surface area contributed by atoms with Crippen molar-refractivity contribution in [3.63, 3.8) is 0 Å². The summed E-state index contributed by atoms with van der Waals surface area (Å²) in [5.41, 5.74) is 4.93. The number of hydrogen-bond donors (Lipinski definition) is 0. The molecule has 5 rings (SSSR count). The molecular weight excluding hydrogens is 300 g/mol. The third-order valence-corrected chi connectivity index (χ3v) is 4.76. The summed E-state index contributed by atoms with van der Waals surface area (Å²) in [5, 5.41) is 0. The Balaban J connectivity index is 1.52. The number of anilines is 4. The van der Waals surface area contributed by atoms with Crippen molar-refractivity contribution in [1.82, 2.24) is 19.9 Å². The maximum absolute atomic E-state index is 4.49. The molecular formula is C18H16N6. The Morgan fingerprint density at radius 3 is 1.83 bits per heavy atom. The zero-order valence-corrected chi connectivity index (χ0v) is 13.1. The normalized spacial score (nSPS) is 15.5. The fraction of sp³-hybridized carbons (Fsp3) is 0.222. The first-order valence-electron chi connectivity index (χ1n) is 8.13. The molecule has 0 aliphatic carbocycles. The van der Waals surface area contributed by atoms with Gasteiger partial charge >= 0.3 is 0 Å². The minimum absolute atomic E-state index is 0.920. The summed E-state index contributed by atoms with van der Waals surface area (Å²) < 4.78 is 0. The van der Waals surface area contributed by atoms with Gasteiger partial charge in [-0.2, -0.15) is 0 Å². The lowest BCUT2D eigenvalue weighted by Crippen LogP contribution is -2.18. The summed E-state index contributed by atoms with van der Waals surface area (Å²) in [6.07, 6.45) is 11.2. The second-order valence-corrected chi connectivity index (χ2v) is 6.05. The van der Waals surface area contributed by atoms with E-state index in [1.165, 1.54) is 11.1 Å². The lowest BCUT2D eigenvalue weighted by atomic mass is 10.2. The topological polar surface area (TPSA) is 58.0 Å². The van der Waals surface area contributed by atoms with Gasteiger partial charge in [0.05, 0.1) is 23.8 Å². The van der Waals surface area contributed by atoms with Crippen molar-refractivity contribution in [3.05, 3.63) is 60.4 Å². The van der Waals surface area contributed by atoms with Gasteiger partial charge in [0.2, 0.25) is 0 Å². The predicted molar refractivity (Wildman–Crippen MR) is 91.9 cm³/mol. The molecule has 0 amide bonds. The Labute approximate surface area is 139 Å². The number of nitrogens with zero attached hydrogens (tertiary/aromatic N) is 6. The highest BCUT2D eigenvalue weighted by molar-refractivity contribution is 5.71. The molecule has 6 nitrogen and oxygen atoms in total. The van der Waals surface area contributed by atoms with E-state index < -0.39 is 0 Å². The van der Waals surface area contributed by atoms with Gasteiger partial charge in [0.1, 0.15) is 18.0 Å². The lowest BCUT2D eigenvalue weighted by molar-refractivity contribution is 0.937. The largest absolute Gasteiger partial charge is 0.324 e. The van der Waals surface area contributed by atoms with E-state index in [0.717, 1.165) is 48.9 Å². The molecule has 24 heavy (non-hydrogen) atoms. The molecule has 3 aromatic heterocycles. The molecule has 118 valence electrons. The molecule has 0 spiro atoms. The number of aromatic nitrogens is 4. The second kappa shape index (κ2) is 5.26. The van der Waals surface area contributed by atoms with Crippen molar-refractivity contribution in [2.75, 3.05) is 22.9 Å². The molecule has 0 fully saturated rings. The van der Waals surface area contributed by atoms with E-state index in [0.29, 0.717) is 0 Å². The molecule has 0 saturated heterocycles. The van der Waals surface area contributed by atoms with Crippen LogP contribution in [0.15, 0.2) is 49.3 Å². The Hall–Kier alpha value is -3.02. The van der Waals surface area contributed by atoms with Crippen LogP contribution in [0.1, 0.15) is 11.1 Å². The van der Waals surface area contributed by atoms with Crippen LogP contribution < -0.4 is 9.80 Å². The average molecular weight is 316 g/mol. The third kappa shape index (κ3) is 2.03.